The van der Waals surface area contributed by atoms with Crippen LogP contribution in [-0.4, -0.2) is 43.9 Å². The summed E-state index contributed by atoms with van der Waals surface area (Å²) in [6, 6.07) is 5.49. The van der Waals surface area contributed by atoms with Gasteiger partial charge in [0.25, 0.3) is 0 Å². The van der Waals surface area contributed by atoms with E-state index in [1.807, 2.05) is 18.2 Å². The minimum atomic E-state index is -0.242. The first-order valence-corrected chi connectivity index (χ1v) is 6.62. The van der Waals surface area contributed by atoms with Gasteiger partial charge < -0.3 is 24.8 Å². The van der Waals surface area contributed by atoms with E-state index in [1.54, 1.807) is 11.9 Å². The fourth-order valence-electron chi connectivity index (χ4n) is 2.50. The van der Waals surface area contributed by atoms with E-state index in [0.29, 0.717) is 19.8 Å². The van der Waals surface area contributed by atoms with Crippen LogP contribution >= 0.6 is 0 Å². The summed E-state index contributed by atoms with van der Waals surface area (Å²) in [6.07, 6.45) is 0. The molecule has 0 bridgehead atoms. The van der Waals surface area contributed by atoms with Crippen LogP contribution in [0.3, 0.4) is 0 Å². The maximum Gasteiger partial charge on any atom is 0.231 e. The number of hydrogen-bond acceptors (Lipinski definition) is 5. The van der Waals surface area contributed by atoms with E-state index in [-0.39, 0.29) is 24.7 Å². The molecular weight excluding hydrogens is 260 g/mol. The molecule has 20 heavy (non-hydrogen) atoms. The van der Waals surface area contributed by atoms with Crippen LogP contribution in [0, 0.1) is 5.92 Å². The molecule has 6 heteroatoms. The lowest BCUT2D eigenvalue weighted by molar-refractivity contribution is -0.135. The number of carbonyl (C=O) groups excluding carboxylic acids is 1. The predicted molar refractivity (Wildman–Crippen MR) is 71.3 cm³/mol. The van der Waals surface area contributed by atoms with E-state index in [4.69, 9.17) is 19.9 Å². The van der Waals surface area contributed by atoms with Gasteiger partial charge in [-0.2, -0.15) is 0 Å². The largest absolute Gasteiger partial charge is 0.454 e. The molecule has 1 saturated heterocycles. The van der Waals surface area contributed by atoms with Crippen LogP contribution in [0.1, 0.15) is 5.56 Å². The zero-order chi connectivity index (χ0) is 14.1. The SMILES string of the molecule is CN(Cc1ccc2c(c1)OCO2)C(=O)C1COCC1N. The molecule has 0 radical (unpaired) electrons. The minimum absolute atomic E-state index is 0.0210. The molecule has 3 rings (SSSR count). The molecule has 1 aromatic rings. The second kappa shape index (κ2) is 5.30. The van der Waals surface area contributed by atoms with Crippen LogP contribution in [0.15, 0.2) is 18.2 Å². The number of benzene rings is 1. The highest BCUT2D eigenvalue weighted by Crippen LogP contribution is 2.32. The number of nitrogens with zero attached hydrogens (tertiary/aromatic N) is 1. The van der Waals surface area contributed by atoms with Crippen LogP contribution < -0.4 is 15.2 Å². The van der Waals surface area contributed by atoms with Gasteiger partial charge >= 0.3 is 0 Å². The summed E-state index contributed by atoms with van der Waals surface area (Å²) in [4.78, 5) is 14.0. The van der Waals surface area contributed by atoms with Gasteiger partial charge in [0.1, 0.15) is 0 Å². The van der Waals surface area contributed by atoms with Crippen molar-refractivity contribution < 1.29 is 19.0 Å². The van der Waals surface area contributed by atoms with Crippen molar-refractivity contribution in [2.75, 3.05) is 27.1 Å². The van der Waals surface area contributed by atoms with Crippen molar-refractivity contribution in [3.05, 3.63) is 23.8 Å². The first-order chi connectivity index (χ1) is 9.65. The lowest BCUT2D eigenvalue weighted by atomic mass is 10.0. The lowest BCUT2D eigenvalue weighted by Gasteiger charge is -2.22. The molecule has 2 N–H and O–H groups in total. The molecule has 1 fully saturated rings. The third-order valence-electron chi connectivity index (χ3n) is 3.67. The third kappa shape index (κ3) is 2.44. The summed E-state index contributed by atoms with van der Waals surface area (Å²) < 4.78 is 15.8. The van der Waals surface area contributed by atoms with Gasteiger partial charge in [0, 0.05) is 19.6 Å². The molecule has 2 heterocycles. The van der Waals surface area contributed by atoms with Crippen molar-refractivity contribution >= 4 is 5.91 Å². The van der Waals surface area contributed by atoms with E-state index in [1.165, 1.54) is 0 Å². The second-order valence-electron chi connectivity index (χ2n) is 5.19. The predicted octanol–water partition coefficient (Wildman–Crippen LogP) is 0.347. The molecular formula is C14H18N2O4. The van der Waals surface area contributed by atoms with E-state index in [9.17, 15) is 4.79 Å². The zero-order valence-corrected chi connectivity index (χ0v) is 11.4. The fraction of sp³-hybridized carbons (Fsp3) is 0.500. The Balaban J connectivity index is 1.66. The quantitative estimate of drug-likeness (QED) is 0.863. The van der Waals surface area contributed by atoms with Crippen LogP contribution in [0.4, 0.5) is 0 Å². The van der Waals surface area contributed by atoms with Gasteiger partial charge in [0.05, 0.1) is 19.1 Å². The Morgan fingerprint density at radius 3 is 2.90 bits per heavy atom. The van der Waals surface area contributed by atoms with Crippen molar-refractivity contribution in [3.8, 4) is 11.5 Å². The number of amides is 1. The highest BCUT2D eigenvalue weighted by atomic mass is 16.7. The van der Waals surface area contributed by atoms with Gasteiger partial charge in [-0.3, -0.25) is 4.79 Å². The maximum absolute atomic E-state index is 12.3. The lowest BCUT2D eigenvalue weighted by Crippen LogP contribution is -2.41. The molecule has 0 spiro atoms. The molecule has 2 aliphatic rings. The molecule has 2 atom stereocenters. The highest BCUT2D eigenvalue weighted by molar-refractivity contribution is 5.79. The molecule has 2 aliphatic heterocycles. The Morgan fingerprint density at radius 1 is 1.35 bits per heavy atom. The van der Waals surface area contributed by atoms with E-state index in [0.717, 1.165) is 17.1 Å². The Bertz CT molecular complexity index is 520. The normalized spacial score (nSPS) is 23.9. The number of ether oxygens (including phenoxy) is 3. The van der Waals surface area contributed by atoms with Gasteiger partial charge in [-0.15, -0.1) is 0 Å². The summed E-state index contributed by atoms with van der Waals surface area (Å²) in [5, 5.41) is 0. The zero-order valence-electron chi connectivity index (χ0n) is 11.4. The number of fused-ring (bicyclic) bond motifs is 1. The molecule has 0 aliphatic carbocycles. The topological polar surface area (TPSA) is 74.0 Å². The number of hydrogen-bond donors (Lipinski definition) is 1. The first-order valence-electron chi connectivity index (χ1n) is 6.62. The molecule has 2 unspecified atom stereocenters. The summed E-state index contributed by atoms with van der Waals surface area (Å²) in [6.45, 7) is 1.63. The van der Waals surface area contributed by atoms with Crippen LogP contribution in [0.2, 0.25) is 0 Å². The Kier molecular flexibility index (Phi) is 3.50. The van der Waals surface area contributed by atoms with Gasteiger partial charge in [-0.05, 0) is 17.7 Å². The number of carbonyl (C=O) groups is 1. The second-order valence-corrected chi connectivity index (χ2v) is 5.19. The van der Waals surface area contributed by atoms with Crippen LogP contribution in [0.25, 0.3) is 0 Å². The average Bonchev–Trinajstić information content (AvgIpc) is 3.05. The fourth-order valence-corrected chi connectivity index (χ4v) is 2.50. The average molecular weight is 278 g/mol. The Morgan fingerprint density at radius 2 is 2.15 bits per heavy atom. The third-order valence-corrected chi connectivity index (χ3v) is 3.67. The van der Waals surface area contributed by atoms with Crippen molar-refractivity contribution in [3.63, 3.8) is 0 Å². The van der Waals surface area contributed by atoms with Crippen molar-refractivity contribution in [2.24, 2.45) is 11.7 Å². The van der Waals surface area contributed by atoms with Gasteiger partial charge in [-0.1, -0.05) is 6.07 Å². The summed E-state index contributed by atoms with van der Waals surface area (Å²) in [7, 11) is 1.78. The molecule has 0 saturated carbocycles. The molecule has 108 valence electrons. The number of rotatable bonds is 3. The van der Waals surface area contributed by atoms with Gasteiger partial charge in [0.2, 0.25) is 12.7 Å². The highest BCUT2D eigenvalue weighted by Gasteiger charge is 2.33. The van der Waals surface area contributed by atoms with Crippen molar-refractivity contribution in [1.29, 1.82) is 0 Å². The van der Waals surface area contributed by atoms with Gasteiger partial charge in [-0.25, -0.2) is 0 Å². The maximum atomic E-state index is 12.3. The van der Waals surface area contributed by atoms with Gasteiger partial charge in [0.15, 0.2) is 11.5 Å². The minimum Gasteiger partial charge on any atom is -0.454 e. The smallest absolute Gasteiger partial charge is 0.231 e. The summed E-state index contributed by atoms with van der Waals surface area (Å²) in [5.41, 5.74) is 6.87. The summed E-state index contributed by atoms with van der Waals surface area (Å²) in [5.74, 6) is 1.25. The first kappa shape index (κ1) is 13.2. The van der Waals surface area contributed by atoms with Crippen LogP contribution in [0.5, 0.6) is 11.5 Å². The van der Waals surface area contributed by atoms with E-state index >= 15 is 0 Å². The molecule has 1 aromatic carbocycles. The standard InChI is InChI=1S/C14H18N2O4/c1-16(14(17)10-6-18-7-11(10)15)5-9-2-3-12-13(4-9)20-8-19-12/h2-4,10-11H,5-8,15H2,1H3. The Labute approximate surface area is 117 Å². The van der Waals surface area contributed by atoms with Crippen molar-refractivity contribution in [1.82, 2.24) is 4.90 Å². The summed E-state index contributed by atoms with van der Waals surface area (Å²) >= 11 is 0. The number of nitrogens with two attached hydrogens (primary N) is 1. The molecule has 1 amide bonds. The monoisotopic (exact) mass is 278 g/mol. The van der Waals surface area contributed by atoms with Crippen LogP contribution in [-0.2, 0) is 16.1 Å². The van der Waals surface area contributed by atoms with E-state index in [2.05, 4.69) is 0 Å². The molecule has 0 aromatic heterocycles. The van der Waals surface area contributed by atoms with E-state index < -0.39 is 0 Å². The van der Waals surface area contributed by atoms with Crippen molar-refractivity contribution in [2.45, 2.75) is 12.6 Å². The molecule has 6 nitrogen and oxygen atoms in total. The Hall–Kier alpha value is -1.79.